The summed E-state index contributed by atoms with van der Waals surface area (Å²) in [4.78, 5) is 26.3. The fourth-order valence-electron chi connectivity index (χ4n) is 2.97. The third-order valence-corrected chi connectivity index (χ3v) is 4.87. The molecule has 1 heterocycles. The molecule has 0 aromatic heterocycles. The Kier molecular flexibility index (Phi) is 5.60. The Bertz CT molecular complexity index is 1010. The number of anilines is 1. The molecular weight excluding hydrogens is 425 g/mol. The van der Waals surface area contributed by atoms with Crippen LogP contribution in [0.15, 0.2) is 36.4 Å². The number of benzene rings is 2. The number of amides is 2. The van der Waals surface area contributed by atoms with Crippen LogP contribution in [0.3, 0.4) is 0 Å². The van der Waals surface area contributed by atoms with Crippen molar-refractivity contribution in [1.29, 1.82) is 0 Å². The van der Waals surface area contributed by atoms with Gasteiger partial charge in [0, 0.05) is 19.7 Å². The van der Waals surface area contributed by atoms with Crippen molar-refractivity contribution >= 4 is 29.1 Å². The van der Waals surface area contributed by atoms with Crippen molar-refractivity contribution in [3.05, 3.63) is 47.0 Å². The highest BCUT2D eigenvalue weighted by molar-refractivity contribution is 6.32. The third-order valence-electron chi connectivity index (χ3n) is 4.58. The number of hydrogen-bond acceptors (Lipinski definition) is 4. The number of nitrogens with zero attached hydrogens (tertiary/aromatic N) is 1. The first-order chi connectivity index (χ1) is 14.0. The summed E-state index contributed by atoms with van der Waals surface area (Å²) in [6.45, 7) is 3.39. The molecule has 2 aromatic carbocycles. The first-order valence-electron chi connectivity index (χ1n) is 8.91. The molecule has 30 heavy (non-hydrogen) atoms. The first-order valence-corrected chi connectivity index (χ1v) is 9.29. The number of ether oxygens (including phenoxy) is 2. The lowest BCUT2D eigenvalue weighted by Crippen LogP contribution is -2.61. The molecule has 0 spiro atoms. The van der Waals surface area contributed by atoms with Gasteiger partial charge in [-0.1, -0.05) is 11.6 Å². The van der Waals surface area contributed by atoms with Crippen LogP contribution < -0.4 is 19.7 Å². The maximum absolute atomic E-state index is 12.8. The number of likely N-dealkylation sites (N-methyl/N-ethyl adjacent to an activating group) is 2. The number of fused-ring (bicyclic) bond motifs is 1. The molecule has 0 radical (unpaired) electrons. The third kappa shape index (κ3) is 3.89. The van der Waals surface area contributed by atoms with Crippen molar-refractivity contribution in [2.24, 2.45) is 0 Å². The number of rotatable bonds is 4. The average molecular weight is 443 g/mol. The van der Waals surface area contributed by atoms with Gasteiger partial charge in [0.2, 0.25) is 0 Å². The first kappa shape index (κ1) is 21.8. The quantitative estimate of drug-likeness (QED) is 0.713. The van der Waals surface area contributed by atoms with E-state index < -0.39 is 29.2 Å². The van der Waals surface area contributed by atoms with Gasteiger partial charge in [-0.15, -0.1) is 0 Å². The summed E-state index contributed by atoms with van der Waals surface area (Å²) in [6, 6.07) is 7.22. The summed E-state index contributed by atoms with van der Waals surface area (Å²) in [6.07, 6.45) is -4.53. The summed E-state index contributed by atoms with van der Waals surface area (Å²) >= 11 is 5.93. The van der Waals surface area contributed by atoms with Crippen LogP contribution in [0.2, 0.25) is 5.02 Å². The van der Waals surface area contributed by atoms with E-state index in [4.69, 9.17) is 21.1 Å². The van der Waals surface area contributed by atoms with E-state index in [9.17, 15) is 22.8 Å². The van der Waals surface area contributed by atoms with E-state index in [0.717, 1.165) is 18.2 Å². The summed E-state index contributed by atoms with van der Waals surface area (Å²) in [5, 5.41) is 2.35. The number of nitrogens with one attached hydrogen (secondary N) is 1. The van der Waals surface area contributed by atoms with Gasteiger partial charge in [-0.3, -0.25) is 9.59 Å². The second-order valence-corrected chi connectivity index (χ2v) is 7.14. The molecule has 0 bridgehead atoms. The minimum absolute atomic E-state index is 0.0105. The standard InChI is InChI=1S/C20H18ClF3N2O4/c1-4-25-17(27)19(2)18(28)26(3)14-7-6-12(10-16(14)30-19)29-15-8-5-11(9-13(15)21)20(22,23)24/h5-10H,4H2,1-3H3,(H,25,27). The van der Waals surface area contributed by atoms with E-state index in [0.29, 0.717) is 12.2 Å². The maximum Gasteiger partial charge on any atom is 0.416 e. The summed E-state index contributed by atoms with van der Waals surface area (Å²) < 4.78 is 49.7. The molecule has 0 aliphatic carbocycles. The van der Waals surface area contributed by atoms with Crippen LogP contribution >= 0.6 is 11.6 Å². The van der Waals surface area contributed by atoms with Crippen LogP contribution in [0.4, 0.5) is 18.9 Å². The molecule has 0 saturated carbocycles. The molecule has 3 rings (SSSR count). The Hall–Kier alpha value is -2.94. The maximum atomic E-state index is 12.8. The van der Waals surface area contributed by atoms with Gasteiger partial charge in [-0.05, 0) is 44.2 Å². The molecule has 6 nitrogen and oxygen atoms in total. The molecule has 10 heteroatoms. The molecule has 160 valence electrons. The molecule has 1 aliphatic rings. The van der Waals surface area contributed by atoms with Gasteiger partial charge in [0.05, 0.1) is 16.3 Å². The van der Waals surface area contributed by atoms with E-state index in [1.807, 2.05) is 0 Å². The predicted octanol–water partition coefficient (Wildman–Crippen LogP) is 4.40. The highest BCUT2D eigenvalue weighted by Crippen LogP contribution is 2.42. The Labute approximate surface area is 175 Å². The number of hydrogen-bond donors (Lipinski definition) is 1. The Morgan fingerprint density at radius 2 is 1.97 bits per heavy atom. The van der Waals surface area contributed by atoms with Crippen LogP contribution in [0.25, 0.3) is 0 Å². The second kappa shape index (κ2) is 7.71. The molecule has 1 unspecified atom stereocenters. The van der Waals surface area contributed by atoms with Gasteiger partial charge in [0.15, 0.2) is 0 Å². The van der Waals surface area contributed by atoms with Crippen molar-refractivity contribution < 1.29 is 32.2 Å². The lowest BCUT2D eigenvalue weighted by molar-refractivity contribution is -0.148. The highest BCUT2D eigenvalue weighted by Gasteiger charge is 2.49. The van der Waals surface area contributed by atoms with E-state index in [1.165, 1.54) is 37.1 Å². The van der Waals surface area contributed by atoms with Crippen LogP contribution in [0.5, 0.6) is 17.2 Å². The Morgan fingerprint density at radius 1 is 1.27 bits per heavy atom. The van der Waals surface area contributed by atoms with Crippen molar-refractivity contribution in [2.45, 2.75) is 25.6 Å². The summed E-state index contributed by atoms with van der Waals surface area (Å²) in [5.74, 6) is -0.718. The number of carbonyl (C=O) groups is 2. The highest BCUT2D eigenvalue weighted by atomic mass is 35.5. The lowest BCUT2D eigenvalue weighted by Gasteiger charge is -2.37. The molecule has 0 saturated heterocycles. The van der Waals surface area contributed by atoms with Crippen molar-refractivity contribution in [3.8, 4) is 17.2 Å². The SMILES string of the molecule is CCNC(=O)C1(C)Oc2cc(Oc3ccc(C(F)(F)F)cc3Cl)ccc2N(C)C1=O. The van der Waals surface area contributed by atoms with E-state index in [1.54, 1.807) is 6.92 Å². The molecule has 2 aromatic rings. The van der Waals surface area contributed by atoms with Crippen LogP contribution in [-0.2, 0) is 15.8 Å². The molecule has 2 amide bonds. The van der Waals surface area contributed by atoms with Gasteiger partial charge in [-0.25, -0.2) is 0 Å². The zero-order valence-electron chi connectivity index (χ0n) is 16.3. The largest absolute Gasteiger partial charge is 0.465 e. The minimum Gasteiger partial charge on any atom is -0.465 e. The zero-order valence-corrected chi connectivity index (χ0v) is 17.0. The van der Waals surface area contributed by atoms with Crippen LogP contribution in [-0.4, -0.2) is 31.0 Å². The van der Waals surface area contributed by atoms with E-state index >= 15 is 0 Å². The molecule has 1 N–H and O–H groups in total. The number of carbonyl (C=O) groups excluding carboxylic acids is 2. The second-order valence-electron chi connectivity index (χ2n) is 6.73. The van der Waals surface area contributed by atoms with Crippen LogP contribution in [0.1, 0.15) is 19.4 Å². The smallest absolute Gasteiger partial charge is 0.416 e. The van der Waals surface area contributed by atoms with Crippen molar-refractivity contribution in [2.75, 3.05) is 18.5 Å². The van der Waals surface area contributed by atoms with Crippen molar-refractivity contribution in [3.63, 3.8) is 0 Å². The van der Waals surface area contributed by atoms with E-state index in [2.05, 4.69) is 5.32 Å². The Morgan fingerprint density at radius 3 is 2.57 bits per heavy atom. The van der Waals surface area contributed by atoms with Gasteiger partial charge >= 0.3 is 6.18 Å². The molecule has 1 atom stereocenters. The lowest BCUT2D eigenvalue weighted by atomic mass is 10.0. The molecule has 0 fully saturated rings. The van der Waals surface area contributed by atoms with Crippen LogP contribution in [0, 0.1) is 0 Å². The van der Waals surface area contributed by atoms with Gasteiger partial charge < -0.3 is 19.7 Å². The number of alkyl halides is 3. The molecular formula is C20H18ClF3N2O4. The van der Waals surface area contributed by atoms with Gasteiger partial charge in [0.1, 0.15) is 17.2 Å². The zero-order chi connectivity index (χ0) is 22.3. The normalized spacial score (nSPS) is 18.5. The van der Waals surface area contributed by atoms with Crippen molar-refractivity contribution in [1.82, 2.24) is 5.32 Å². The summed E-state index contributed by atoms with van der Waals surface area (Å²) in [7, 11) is 1.51. The van der Waals surface area contributed by atoms with Gasteiger partial charge in [-0.2, -0.15) is 13.2 Å². The minimum atomic E-state index is -4.53. The topological polar surface area (TPSA) is 67.9 Å². The fourth-order valence-corrected chi connectivity index (χ4v) is 3.19. The predicted molar refractivity (Wildman–Crippen MR) is 104 cm³/mol. The molecule has 1 aliphatic heterocycles. The summed E-state index contributed by atoms with van der Waals surface area (Å²) in [5.41, 5.74) is -2.26. The number of halogens is 4. The monoisotopic (exact) mass is 442 g/mol. The Balaban J connectivity index is 1.92. The van der Waals surface area contributed by atoms with Gasteiger partial charge in [0.25, 0.3) is 17.4 Å². The fraction of sp³-hybridized carbons (Fsp3) is 0.300. The van der Waals surface area contributed by atoms with E-state index in [-0.39, 0.29) is 22.3 Å². The average Bonchev–Trinajstić information content (AvgIpc) is 2.67.